The highest BCUT2D eigenvalue weighted by Gasteiger charge is 2.18. The first kappa shape index (κ1) is 20.8. The summed E-state index contributed by atoms with van der Waals surface area (Å²) in [6.07, 6.45) is 5.28. The van der Waals surface area contributed by atoms with Crippen LogP contribution in [-0.2, 0) is 7.05 Å². The first-order valence-corrected chi connectivity index (χ1v) is 10.8. The molecule has 2 N–H and O–H groups in total. The minimum absolute atomic E-state index is 0.301. The number of aryl methyl sites for hydroxylation is 1. The maximum Gasteiger partial charge on any atom is 0.274 e. The van der Waals surface area contributed by atoms with Crippen LogP contribution in [-0.4, -0.2) is 74.0 Å². The van der Waals surface area contributed by atoms with Gasteiger partial charge >= 0.3 is 0 Å². The Labute approximate surface area is 191 Å². The van der Waals surface area contributed by atoms with E-state index in [0.717, 1.165) is 37.6 Å². The highest BCUT2D eigenvalue weighted by Crippen LogP contribution is 2.27. The van der Waals surface area contributed by atoms with Crippen molar-refractivity contribution in [2.45, 2.75) is 0 Å². The molecule has 0 aliphatic carbocycles. The van der Waals surface area contributed by atoms with Gasteiger partial charge in [-0.3, -0.25) is 19.6 Å². The van der Waals surface area contributed by atoms with Gasteiger partial charge in [-0.05, 0) is 37.4 Å². The van der Waals surface area contributed by atoms with Gasteiger partial charge < -0.3 is 15.1 Å². The van der Waals surface area contributed by atoms with Gasteiger partial charge in [-0.15, -0.1) is 0 Å². The van der Waals surface area contributed by atoms with Gasteiger partial charge in [0.2, 0.25) is 0 Å². The van der Waals surface area contributed by atoms with Crippen LogP contribution in [0.2, 0.25) is 0 Å². The summed E-state index contributed by atoms with van der Waals surface area (Å²) < 4.78 is 1.66. The zero-order valence-corrected chi connectivity index (χ0v) is 18.6. The topological polar surface area (TPSA) is 108 Å². The summed E-state index contributed by atoms with van der Waals surface area (Å²) in [6, 6.07) is 11.1. The monoisotopic (exact) mass is 443 g/mol. The van der Waals surface area contributed by atoms with Crippen molar-refractivity contribution < 1.29 is 4.79 Å². The number of piperazine rings is 1. The molecule has 0 saturated carbocycles. The van der Waals surface area contributed by atoms with Crippen molar-refractivity contribution in [1.29, 1.82) is 0 Å². The number of carbonyl (C=O) groups excluding carboxylic acids is 1. The molecule has 4 aromatic rings. The average molecular weight is 444 g/mol. The molecule has 0 spiro atoms. The molecule has 0 bridgehead atoms. The molecular weight excluding hydrogens is 418 g/mol. The molecule has 1 fully saturated rings. The lowest BCUT2D eigenvalue weighted by molar-refractivity contribution is 0.102. The number of pyridine rings is 2. The van der Waals surface area contributed by atoms with Crippen LogP contribution in [0.15, 0.2) is 55.0 Å². The van der Waals surface area contributed by atoms with Crippen molar-refractivity contribution in [2.75, 3.05) is 43.4 Å². The van der Waals surface area contributed by atoms with Crippen LogP contribution in [0.1, 0.15) is 10.5 Å². The highest BCUT2D eigenvalue weighted by molar-refractivity contribution is 6.04. The molecule has 0 atom stereocenters. The van der Waals surface area contributed by atoms with Crippen LogP contribution >= 0.6 is 0 Å². The van der Waals surface area contributed by atoms with E-state index in [2.05, 4.69) is 53.5 Å². The van der Waals surface area contributed by atoms with E-state index < -0.39 is 0 Å². The molecule has 10 nitrogen and oxygen atoms in total. The first-order chi connectivity index (χ1) is 16.1. The summed E-state index contributed by atoms with van der Waals surface area (Å²) >= 11 is 0. The third kappa shape index (κ3) is 4.46. The molecule has 1 saturated heterocycles. The lowest BCUT2D eigenvalue weighted by Crippen LogP contribution is -2.44. The van der Waals surface area contributed by atoms with E-state index in [4.69, 9.17) is 0 Å². The molecule has 1 amide bonds. The fraction of sp³-hybridized carbons (Fsp3) is 0.261. The molecule has 5 rings (SSSR count). The quantitative estimate of drug-likeness (QED) is 0.487. The number of hydrogen-bond donors (Lipinski definition) is 2. The summed E-state index contributed by atoms with van der Waals surface area (Å²) in [4.78, 5) is 26.7. The molecule has 33 heavy (non-hydrogen) atoms. The van der Waals surface area contributed by atoms with Gasteiger partial charge in [0.25, 0.3) is 5.91 Å². The molecule has 1 aliphatic heterocycles. The standard InChI is InChI=1S/C23H25N9O/c1-30-10-12-32(13-11-30)16-6-7-19(24-14-16)22-21(15-31(2)29-22)27-23(33)20-5-3-4-17(26-20)18-8-9-25-28-18/h3-9,14-15H,10-13H2,1-2H3,(H,25,28)(H,27,33). The number of likely N-dealkylation sites (N-methyl/N-ethyl adjacent to an activating group) is 1. The number of aromatic amines is 1. The van der Waals surface area contributed by atoms with Crippen LogP contribution in [0.25, 0.3) is 22.8 Å². The average Bonchev–Trinajstić information content (AvgIpc) is 3.50. The smallest absolute Gasteiger partial charge is 0.274 e. The zero-order chi connectivity index (χ0) is 22.8. The molecule has 168 valence electrons. The van der Waals surface area contributed by atoms with Gasteiger partial charge in [-0.2, -0.15) is 10.2 Å². The van der Waals surface area contributed by atoms with Crippen LogP contribution in [0.5, 0.6) is 0 Å². The number of nitrogens with zero attached hydrogens (tertiary/aromatic N) is 7. The number of aromatic nitrogens is 6. The summed E-state index contributed by atoms with van der Waals surface area (Å²) in [6.45, 7) is 4.03. The van der Waals surface area contributed by atoms with Crippen LogP contribution in [0, 0.1) is 0 Å². The van der Waals surface area contributed by atoms with Crippen molar-refractivity contribution in [2.24, 2.45) is 7.05 Å². The van der Waals surface area contributed by atoms with Crippen molar-refractivity contribution in [1.82, 2.24) is 34.8 Å². The SMILES string of the molecule is CN1CCN(c2ccc(-c3nn(C)cc3NC(=O)c3cccc(-c4ccn[nH]4)n3)nc2)CC1. The minimum Gasteiger partial charge on any atom is -0.368 e. The maximum absolute atomic E-state index is 12.9. The Bertz CT molecular complexity index is 1240. The lowest BCUT2D eigenvalue weighted by atomic mass is 10.2. The van der Waals surface area contributed by atoms with E-state index in [1.807, 2.05) is 25.4 Å². The van der Waals surface area contributed by atoms with Gasteiger partial charge in [0.05, 0.1) is 34.7 Å². The van der Waals surface area contributed by atoms with Crippen LogP contribution in [0.4, 0.5) is 11.4 Å². The zero-order valence-electron chi connectivity index (χ0n) is 18.6. The van der Waals surface area contributed by atoms with E-state index in [-0.39, 0.29) is 5.91 Å². The van der Waals surface area contributed by atoms with E-state index in [1.54, 1.807) is 35.3 Å². The van der Waals surface area contributed by atoms with Crippen LogP contribution < -0.4 is 10.2 Å². The Kier molecular flexibility index (Phi) is 5.57. The van der Waals surface area contributed by atoms with Crippen molar-refractivity contribution in [3.63, 3.8) is 0 Å². The molecule has 1 aliphatic rings. The lowest BCUT2D eigenvalue weighted by Gasteiger charge is -2.33. The second-order valence-corrected chi connectivity index (χ2v) is 8.09. The number of amides is 1. The molecule has 4 aromatic heterocycles. The summed E-state index contributed by atoms with van der Waals surface area (Å²) in [7, 11) is 3.95. The predicted octanol–water partition coefficient (Wildman–Crippen LogP) is 2.27. The van der Waals surface area contributed by atoms with E-state index in [1.165, 1.54) is 0 Å². The van der Waals surface area contributed by atoms with Gasteiger partial charge in [0.15, 0.2) is 0 Å². The minimum atomic E-state index is -0.320. The maximum atomic E-state index is 12.9. The second-order valence-electron chi connectivity index (χ2n) is 8.09. The Morgan fingerprint density at radius 1 is 1.03 bits per heavy atom. The summed E-state index contributed by atoms with van der Waals surface area (Å²) in [5, 5.41) is 14.3. The van der Waals surface area contributed by atoms with E-state index >= 15 is 0 Å². The Hall–Kier alpha value is -4.05. The molecule has 0 aromatic carbocycles. The van der Waals surface area contributed by atoms with Gasteiger partial charge in [-0.1, -0.05) is 6.07 Å². The summed E-state index contributed by atoms with van der Waals surface area (Å²) in [5.74, 6) is -0.320. The molecule has 0 unspecified atom stereocenters. The Morgan fingerprint density at radius 3 is 2.61 bits per heavy atom. The van der Waals surface area contributed by atoms with Crippen molar-refractivity contribution >= 4 is 17.3 Å². The van der Waals surface area contributed by atoms with Gasteiger partial charge in [-0.25, -0.2) is 4.98 Å². The number of nitrogens with one attached hydrogen (secondary N) is 2. The third-order valence-electron chi connectivity index (χ3n) is 5.69. The Balaban J connectivity index is 1.35. The molecule has 10 heteroatoms. The van der Waals surface area contributed by atoms with Crippen molar-refractivity contribution in [3.05, 3.63) is 60.7 Å². The third-order valence-corrected chi connectivity index (χ3v) is 5.69. The first-order valence-electron chi connectivity index (χ1n) is 10.8. The number of carbonyl (C=O) groups is 1. The fourth-order valence-electron chi connectivity index (χ4n) is 3.84. The largest absolute Gasteiger partial charge is 0.368 e. The Morgan fingerprint density at radius 2 is 1.88 bits per heavy atom. The number of H-pyrrole nitrogens is 1. The second kappa shape index (κ2) is 8.83. The van der Waals surface area contributed by atoms with Gasteiger partial charge in [0, 0.05) is 45.6 Å². The van der Waals surface area contributed by atoms with Crippen molar-refractivity contribution in [3.8, 4) is 22.8 Å². The number of anilines is 2. The molecular formula is C23H25N9O. The van der Waals surface area contributed by atoms with E-state index in [9.17, 15) is 4.79 Å². The van der Waals surface area contributed by atoms with Crippen LogP contribution in [0.3, 0.4) is 0 Å². The highest BCUT2D eigenvalue weighted by atomic mass is 16.1. The predicted molar refractivity (Wildman–Crippen MR) is 126 cm³/mol. The number of hydrogen-bond acceptors (Lipinski definition) is 7. The summed E-state index contributed by atoms with van der Waals surface area (Å²) in [5.41, 5.74) is 4.67. The molecule has 5 heterocycles. The van der Waals surface area contributed by atoms with E-state index in [0.29, 0.717) is 28.5 Å². The van der Waals surface area contributed by atoms with Gasteiger partial charge in [0.1, 0.15) is 11.4 Å². The fourth-order valence-corrected chi connectivity index (χ4v) is 3.84. The number of rotatable bonds is 5. The normalized spacial score (nSPS) is 14.4. The molecule has 0 radical (unpaired) electrons.